The van der Waals surface area contributed by atoms with E-state index < -0.39 is 6.04 Å². The molecule has 0 radical (unpaired) electrons. The van der Waals surface area contributed by atoms with Crippen LogP contribution in [0.3, 0.4) is 0 Å². The van der Waals surface area contributed by atoms with Gasteiger partial charge in [-0.05, 0) is 49.7 Å². The van der Waals surface area contributed by atoms with Crippen molar-refractivity contribution in [2.24, 2.45) is 11.7 Å². The molecule has 122 valence electrons. The van der Waals surface area contributed by atoms with Gasteiger partial charge >= 0.3 is 0 Å². The van der Waals surface area contributed by atoms with Gasteiger partial charge < -0.3 is 16.4 Å². The Labute approximate surface area is 135 Å². The summed E-state index contributed by atoms with van der Waals surface area (Å²) in [6.45, 7) is 5.78. The van der Waals surface area contributed by atoms with Crippen molar-refractivity contribution < 1.29 is 9.59 Å². The van der Waals surface area contributed by atoms with Crippen LogP contribution in [0.15, 0.2) is 0 Å². The standard InChI is InChI=1S/C16H25N3O2S/c1-9(2)14(17)15(21)18-8-13(20)19-16-10(3)11-6-4-5-7-12(11)22-16/h9,14H,4-8,17H2,1-3H3,(H,18,21)(H,19,20)/t14-/m0/s1. The number of amides is 2. The SMILES string of the molecule is Cc1c(NC(=O)CNC(=O)[C@@H](N)C(C)C)sc2c1CCCC2. The van der Waals surface area contributed by atoms with Crippen molar-refractivity contribution in [3.8, 4) is 0 Å². The van der Waals surface area contributed by atoms with Gasteiger partial charge in [0.1, 0.15) is 0 Å². The summed E-state index contributed by atoms with van der Waals surface area (Å²) in [5, 5.41) is 6.42. The quantitative estimate of drug-likeness (QED) is 0.774. The van der Waals surface area contributed by atoms with Crippen molar-refractivity contribution in [3.05, 3.63) is 16.0 Å². The summed E-state index contributed by atoms with van der Waals surface area (Å²) < 4.78 is 0. The summed E-state index contributed by atoms with van der Waals surface area (Å²) in [6, 6.07) is -0.580. The number of fused-ring (bicyclic) bond motifs is 1. The van der Waals surface area contributed by atoms with Crippen LogP contribution in [0, 0.1) is 12.8 Å². The fraction of sp³-hybridized carbons (Fsp3) is 0.625. The van der Waals surface area contributed by atoms with Crippen LogP contribution in [0.4, 0.5) is 5.00 Å². The molecule has 6 heteroatoms. The largest absolute Gasteiger partial charge is 0.346 e. The summed E-state index contributed by atoms with van der Waals surface area (Å²) in [5.41, 5.74) is 8.33. The highest BCUT2D eigenvalue weighted by molar-refractivity contribution is 7.16. The molecule has 1 atom stereocenters. The molecule has 0 aliphatic heterocycles. The van der Waals surface area contributed by atoms with E-state index in [1.807, 2.05) is 13.8 Å². The second-order valence-corrected chi connectivity index (χ2v) is 7.31. The van der Waals surface area contributed by atoms with Gasteiger partial charge in [-0.1, -0.05) is 13.8 Å². The van der Waals surface area contributed by atoms with Crippen molar-refractivity contribution in [1.82, 2.24) is 5.32 Å². The lowest BCUT2D eigenvalue weighted by Crippen LogP contribution is -2.46. The third-order valence-electron chi connectivity index (χ3n) is 4.13. The van der Waals surface area contributed by atoms with Crippen LogP contribution in [-0.2, 0) is 22.4 Å². The zero-order chi connectivity index (χ0) is 16.3. The van der Waals surface area contributed by atoms with E-state index in [1.165, 1.54) is 28.8 Å². The zero-order valence-electron chi connectivity index (χ0n) is 13.5. The van der Waals surface area contributed by atoms with E-state index in [0.29, 0.717) is 0 Å². The van der Waals surface area contributed by atoms with Gasteiger partial charge in [0.05, 0.1) is 17.6 Å². The van der Waals surface area contributed by atoms with E-state index in [-0.39, 0.29) is 24.3 Å². The topological polar surface area (TPSA) is 84.2 Å². The first-order chi connectivity index (χ1) is 10.4. The van der Waals surface area contributed by atoms with E-state index in [1.54, 1.807) is 11.3 Å². The first-order valence-corrected chi connectivity index (χ1v) is 8.66. The number of rotatable bonds is 5. The second kappa shape index (κ2) is 7.24. The molecule has 0 saturated heterocycles. The van der Waals surface area contributed by atoms with E-state index in [2.05, 4.69) is 17.6 Å². The van der Waals surface area contributed by atoms with E-state index in [0.717, 1.165) is 17.8 Å². The molecule has 0 aromatic carbocycles. The first-order valence-electron chi connectivity index (χ1n) is 7.84. The Morgan fingerprint density at radius 2 is 1.95 bits per heavy atom. The minimum atomic E-state index is -0.580. The fourth-order valence-corrected chi connectivity index (χ4v) is 3.91. The Balaban J connectivity index is 1.90. The van der Waals surface area contributed by atoms with Crippen LogP contribution < -0.4 is 16.4 Å². The highest BCUT2D eigenvalue weighted by atomic mass is 32.1. The number of hydrogen-bond donors (Lipinski definition) is 3. The average Bonchev–Trinajstić information content (AvgIpc) is 2.80. The first kappa shape index (κ1) is 17.0. The lowest BCUT2D eigenvalue weighted by molar-refractivity contribution is -0.125. The van der Waals surface area contributed by atoms with Gasteiger partial charge in [-0.2, -0.15) is 0 Å². The average molecular weight is 323 g/mol. The minimum absolute atomic E-state index is 0.0404. The maximum Gasteiger partial charge on any atom is 0.244 e. The van der Waals surface area contributed by atoms with Crippen LogP contribution in [0.5, 0.6) is 0 Å². The van der Waals surface area contributed by atoms with Crippen LogP contribution in [0.25, 0.3) is 0 Å². The van der Waals surface area contributed by atoms with Crippen LogP contribution in [-0.4, -0.2) is 24.4 Å². The minimum Gasteiger partial charge on any atom is -0.346 e. The lowest BCUT2D eigenvalue weighted by Gasteiger charge is -2.15. The van der Waals surface area contributed by atoms with Crippen molar-refractivity contribution in [1.29, 1.82) is 0 Å². The number of nitrogens with two attached hydrogens (primary N) is 1. The number of anilines is 1. The van der Waals surface area contributed by atoms with Crippen molar-refractivity contribution in [2.45, 2.75) is 52.5 Å². The number of nitrogens with one attached hydrogen (secondary N) is 2. The molecular weight excluding hydrogens is 298 g/mol. The van der Waals surface area contributed by atoms with E-state index in [9.17, 15) is 9.59 Å². The third-order valence-corrected chi connectivity index (χ3v) is 5.44. The molecule has 1 aromatic heterocycles. The smallest absolute Gasteiger partial charge is 0.244 e. The molecule has 0 fully saturated rings. The highest BCUT2D eigenvalue weighted by Gasteiger charge is 2.20. The highest BCUT2D eigenvalue weighted by Crippen LogP contribution is 2.37. The number of hydrogen-bond acceptors (Lipinski definition) is 4. The molecule has 1 aliphatic rings. The molecule has 0 spiro atoms. The Kier molecular flexibility index (Phi) is 5.58. The Morgan fingerprint density at radius 3 is 2.59 bits per heavy atom. The molecule has 0 unspecified atom stereocenters. The van der Waals surface area contributed by atoms with Crippen molar-refractivity contribution >= 4 is 28.2 Å². The Bertz CT molecular complexity index is 566. The Hall–Kier alpha value is -1.40. The molecule has 0 saturated carbocycles. The fourth-order valence-electron chi connectivity index (χ4n) is 2.60. The van der Waals surface area contributed by atoms with Crippen LogP contribution >= 0.6 is 11.3 Å². The Morgan fingerprint density at radius 1 is 1.27 bits per heavy atom. The van der Waals surface area contributed by atoms with Gasteiger partial charge in [-0.15, -0.1) is 11.3 Å². The molecule has 0 bridgehead atoms. The predicted octanol–water partition coefficient (Wildman–Crippen LogP) is 1.97. The second-order valence-electron chi connectivity index (χ2n) is 6.20. The molecular formula is C16H25N3O2S. The summed E-state index contributed by atoms with van der Waals surface area (Å²) >= 11 is 1.67. The van der Waals surface area contributed by atoms with Gasteiger partial charge in [0, 0.05) is 4.88 Å². The summed E-state index contributed by atoms with van der Waals surface area (Å²) in [4.78, 5) is 25.2. The number of carbonyl (C=O) groups is 2. The summed E-state index contributed by atoms with van der Waals surface area (Å²) in [7, 11) is 0. The lowest BCUT2D eigenvalue weighted by atomic mass is 9.96. The van der Waals surface area contributed by atoms with Gasteiger partial charge in [0.15, 0.2) is 0 Å². The number of thiophene rings is 1. The van der Waals surface area contributed by atoms with Gasteiger partial charge in [0.25, 0.3) is 0 Å². The molecule has 2 amide bonds. The maximum absolute atomic E-state index is 12.0. The normalized spacial score (nSPS) is 15.3. The molecule has 5 nitrogen and oxygen atoms in total. The van der Waals surface area contributed by atoms with Crippen LogP contribution in [0.1, 0.15) is 42.7 Å². The van der Waals surface area contributed by atoms with Crippen molar-refractivity contribution in [3.63, 3.8) is 0 Å². The van der Waals surface area contributed by atoms with Gasteiger partial charge in [-0.3, -0.25) is 9.59 Å². The monoisotopic (exact) mass is 323 g/mol. The molecule has 22 heavy (non-hydrogen) atoms. The summed E-state index contributed by atoms with van der Waals surface area (Å²) in [6.07, 6.45) is 4.66. The summed E-state index contributed by atoms with van der Waals surface area (Å²) in [5.74, 6) is -0.437. The molecule has 2 rings (SSSR count). The number of aryl methyl sites for hydroxylation is 1. The molecule has 1 heterocycles. The van der Waals surface area contributed by atoms with Gasteiger partial charge in [0.2, 0.25) is 11.8 Å². The molecule has 1 aliphatic carbocycles. The van der Waals surface area contributed by atoms with E-state index in [4.69, 9.17) is 5.73 Å². The van der Waals surface area contributed by atoms with Crippen LogP contribution in [0.2, 0.25) is 0 Å². The predicted molar refractivity (Wildman–Crippen MR) is 90.2 cm³/mol. The zero-order valence-corrected chi connectivity index (χ0v) is 14.3. The third kappa shape index (κ3) is 3.87. The number of carbonyl (C=O) groups excluding carboxylic acids is 2. The maximum atomic E-state index is 12.0. The van der Waals surface area contributed by atoms with E-state index >= 15 is 0 Å². The van der Waals surface area contributed by atoms with Gasteiger partial charge in [-0.25, -0.2) is 0 Å². The van der Waals surface area contributed by atoms with Crippen molar-refractivity contribution in [2.75, 3.05) is 11.9 Å². The molecule has 4 N–H and O–H groups in total. The molecule has 1 aromatic rings.